The van der Waals surface area contributed by atoms with Crippen LogP contribution in [0, 0.1) is 18.2 Å². The van der Waals surface area contributed by atoms with Gasteiger partial charge in [0.25, 0.3) is 0 Å². The Morgan fingerprint density at radius 2 is 2.00 bits per heavy atom. The van der Waals surface area contributed by atoms with Gasteiger partial charge in [-0.1, -0.05) is 12.0 Å². The second-order valence-electron chi connectivity index (χ2n) is 12.8. The number of benzene rings is 2. The molecule has 1 N–H and O–H groups in total. The van der Waals surface area contributed by atoms with E-state index in [0.29, 0.717) is 65.4 Å². The molecule has 4 fully saturated rings. The second-order valence-corrected chi connectivity index (χ2v) is 12.8. The largest absolute Gasteiger partial charge is 0.508 e. The summed E-state index contributed by atoms with van der Waals surface area (Å²) >= 11 is 0. The smallest absolute Gasteiger partial charge is 0.247 e. The van der Waals surface area contributed by atoms with Crippen LogP contribution in [0.15, 0.2) is 30.6 Å². The van der Waals surface area contributed by atoms with Gasteiger partial charge >= 0.3 is 0 Å². The standard InChI is InChI=1S/C33H33F2N7O3/c1-2-26-27(35)7-4-20-10-25(44)11-21(28(20)26)13-40-18-36-29-30(40)37-32(39-15-23-5-6-24(16-39)42(23)19-43)38-31(29)45-17-33-8-3-9-41(33)14-22(34)12-33/h1,4,7,10-11,18-19,22-24,44H,3,5-6,8-9,12-17H2/t22-,23-,24+,33+/m1/s1. The van der Waals surface area contributed by atoms with Gasteiger partial charge in [0, 0.05) is 43.5 Å². The lowest BCUT2D eigenvalue weighted by molar-refractivity contribution is -0.121. The fourth-order valence-electron chi connectivity index (χ4n) is 8.15. The molecule has 6 heterocycles. The van der Waals surface area contributed by atoms with Crippen molar-refractivity contribution >= 4 is 34.3 Å². The number of phenols is 1. The Kier molecular flexibility index (Phi) is 6.57. The lowest BCUT2D eigenvalue weighted by atomic mass is 9.95. The summed E-state index contributed by atoms with van der Waals surface area (Å²) in [5.74, 6) is 2.77. The van der Waals surface area contributed by atoms with Gasteiger partial charge in [0.05, 0.1) is 24.0 Å². The van der Waals surface area contributed by atoms with Gasteiger partial charge in [-0.2, -0.15) is 9.97 Å². The van der Waals surface area contributed by atoms with Gasteiger partial charge in [0.15, 0.2) is 11.2 Å². The fraction of sp³-hybridized carbons (Fsp3) is 0.455. The zero-order chi connectivity index (χ0) is 30.9. The van der Waals surface area contributed by atoms with Gasteiger partial charge in [-0.15, -0.1) is 6.42 Å². The fourth-order valence-corrected chi connectivity index (χ4v) is 8.15. The zero-order valence-corrected chi connectivity index (χ0v) is 24.7. The number of piperazine rings is 1. The van der Waals surface area contributed by atoms with Crippen molar-refractivity contribution in [3.8, 4) is 24.0 Å². The second kappa shape index (κ2) is 10.5. The molecule has 4 aliphatic rings. The van der Waals surface area contributed by atoms with Crippen LogP contribution in [0.25, 0.3) is 21.9 Å². The third kappa shape index (κ3) is 4.55. The van der Waals surface area contributed by atoms with E-state index in [2.05, 4.69) is 20.7 Å². The van der Waals surface area contributed by atoms with Crippen LogP contribution in [0.1, 0.15) is 43.2 Å². The maximum absolute atomic E-state index is 14.8. The van der Waals surface area contributed by atoms with Crippen LogP contribution in [0.3, 0.4) is 0 Å². The van der Waals surface area contributed by atoms with Crippen molar-refractivity contribution < 1.29 is 23.4 Å². The molecule has 4 aromatic rings. The first kappa shape index (κ1) is 28.0. The topological polar surface area (TPSA) is 99.9 Å². The predicted octanol–water partition coefficient (Wildman–Crippen LogP) is 3.62. The Hall–Kier alpha value is -4.50. The molecular weight excluding hydrogens is 580 g/mol. The number of fused-ring (bicyclic) bond motifs is 5. The Bertz CT molecular complexity index is 1860. The minimum Gasteiger partial charge on any atom is -0.508 e. The van der Waals surface area contributed by atoms with Gasteiger partial charge in [-0.05, 0) is 61.4 Å². The summed E-state index contributed by atoms with van der Waals surface area (Å²) in [4.78, 5) is 32.4. The van der Waals surface area contributed by atoms with E-state index < -0.39 is 12.0 Å². The number of hydrogen-bond donors (Lipinski definition) is 1. The van der Waals surface area contributed by atoms with E-state index in [1.54, 1.807) is 24.5 Å². The molecule has 0 radical (unpaired) electrons. The van der Waals surface area contributed by atoms with E-state index >= 15 is 0 Å². The monoisotopic (exact) mass is 613 g/mol. The number of amides is 1. The van der Waals surface area contributed by atoms with Crippen LogP contribution in [-0.2, 0) is 11.3 Å². The molecule has 4 saturated heterocycles. The highest BCUT2D eigenvalue weighted by molar-refractivity contribution is 5.92. The van der Waals surface area contributed by atoms with E-state index in [-0.39, 0.29) is 42.1 Å². The first-order valence-corrected chi connectivity index (χ1v) is 15.5. The number of imidazole rings is 1. The van der Waals surface area contributed by atoms with Crippen LogP contribution in [0.5, 0.6) is 11.6 Å². The number of rotatable bonds is 7. The molecule has 2 bridgehead atoms. The molecule has 232 valence electrons. The van der Waals surface area contributed by atoms with Gasteiger partial charge in [-0.3, -0.25) is 9.69 Å². The summed E-state index contributed by atoms with van der Waals surface area (Å²) < 4.78 is 37.6. The van der Waals surface area contributed by atoms with Crippen molar-refractivity contribution in [1.82, 2.24) is 29.3 Å². The minimum absolute atomic E-state index is 0.0301. The number of hydrogen-bond acceptors (Lipinski definition) is 8. The molecule has 0 unspecified atom stereocenters. The highest BCUT2D eigenvalue weighted by Gasteiger charge is 2.49. The Morgan fingerprint density at radius 1 is 1.18 bits per heavy atom. The number of nitrogens with zero attached hydrogens (tertiary/aromatic N) is 7. The minimum atomic E-state index is -0.881. The highest BCUT2D eigenvalue weighted by atomic mass is 19.1. The maximum Gasteiger partial charge on any atom is 0.247 e. The predicted molar refractivity (Wildman–Crippen MR) is 163 cm³/mol. The van der Waals surface area contributed by atoms with Crippen LogP contribution in [-0.4, -0.2) is 97.4 Å². The third-order valence-electron chi connectivity index (χ3n) is 10.2. The van der Waals surface area contributed by atoms with E-state index in [0.717, 1.165) is 38.6 Å². The number of alkyl halides is 1. The average molecular weight is 614 g/mol. The number of ether oxygens (including phenoxy) is 1. The molecule has 10 nitrogen and oxygen atoms in total. The number of halogens is 2. The molecule has 8 rings (SSSR count). The summed E-state index contributed by atoms with van der Waals surface area (Å²) in [6.07, 6.45) is 11.5. The number of aromatic hydroxyl groups is 1. The van der Waals surface area contributed by atoms with Crippen LogP contribution in [0.2, 0.25) is 0 Å². The van der Waals surface area contributed by atoms with E-state index in [9.17, 15) is 18.7 Å². The van der Waals surface area contributed by atoms with E-state index in [1.807, 2.05) is 9.47 Å². The molecular formula is C33H33F2N7O3. The lowest BCUT2D eigenvalue weighted by Gasteiger charge is -2.39. The number of anilines is 1. The van der Waals surface area contributed by atoms with Gasteiger partial charge in [0.1, 0.15) is 24.3 Å². The Morgan fingerprint density at radius 3 is 2.78 bits per heavy atom. The maximum atomic E-state index is 14.8. The van der Waals surface area contributed by atoms with Crippen molar-refractivity contribution in [3.63, 3.8) is 0 Å². The summed E-state index contributed by atoms with van der Waals surface area (Å²) in [5, 5.41) is 11.7. The summed E-state index contributed by atoms with van der Waals surface area (Å²) in [6, 6.07) is 6.19. The number of carbonyl (C=O) groups excluding carboxylic acids is 1. The van der Waals surface area contributed by atoms with Crippen molar-refractivity contribution in [2.24, 2.45) is 0 Å². The van der Waals surface area contributed by atoms with Crippen molar-refractivity contribution in [1.29, 1.82) is 0 Å². The number of aromatic nitrogens is 4. The molecule has 2 aromatic carbocycles. The first-order valence-electron chi connectivity index (χ1n) is 15.5. The van der Waals surface area contributed by atoms with Crippen LogP contribution in [0.4, 0.5) is 14.7 Å². The average Bonchev–Trinajstić information content (AvgIpc) is 3.75. The molecule has 4 atom stereocenters. The van der Waals surface area contributed by atoms with Crippen molar-refractivity contribution in [2.75, 3.05) is 37.7 Å². The number of terminal acetylenes is 1. The summed E-state index contributed by atoms with van der Waals surface area (Å²) in [5.41, 5.74) is 1.32. The Labute approximate surface area is 258 Å². The molecule has 45 heavy (non-hydrogen) atoms. The van der Waals surface area contributed by atoms with Gasteiger partial charge < -0.3 is 24.2 Å². The summed E-state index contributed by atoms with van der Waals surface area (Å²) in [7, 11) is 0. The first-order chi connectivity index (χ1) is 21.9. The number of phenolic OH excluding ortho intramolecular Hbond substituents is 1. The van der Waals surface area contributed by atoms with Gasteiger partial charge in [-0.25, -0.2) is 13.8 Å². The third-order valence-corrected chi connectivity index (χ3v) is 10.2. The van der Waals surface area contributed by atoms with Crippen molar-refractivity contribution in [3.05, 3.63) is 47.5 Å². The van der Waals surface area contributed by atoms with Crippen LogP contribution < -0.4 is 9.64 Å². The summed E-state index contributed by atoms with van der Waals surface area (Å²) in [6.45, 7) is 2.95. The molecule has 0 aliphatic carbocycles. The van der Waals surface area contributed by atoms with E-state index in [1.165, 1.54) is 6.07 Å². The normalized spacial score (nSPS) is 26.1. The number of carbonyl (C=O) groups is 1. The Balaban J connectivity index is 1.21. The molecule has 0 spiro atoms. The van der Waals surface area contributed by atoms with Gasteiger partial charge in [0.2, 0.25) is 18.2 Å². The molecule has 0 saturated carbocycles. The molecule has 4 aliphatic heterocycles. The SMILES string of the molecule is C#Cc1c(F)ccc2cc(O)cc(Cn3cnc4c(OC[C@@]56CCCN5C[C@H](F)C6)nc(N5C[C@H]6CC[C@@H](C5)N6C=O)nc43)c12. The molecule has 1 amide bonds. The lowest BCUT2D eigenvalue weighted by Crippen LogP contribution is -2.53. The molecule has 12 heteroatoms. The zero-order valence-electron chi connectivity index (χ0n) is 24.7. The molecule has 2 aromatic heterocycles. The van der Waals surface area contributed by atoms with E-state index in [4.69, 9.17) is 21.1 Å². The van der Waals surface area contributed by atoms with Crippen molar-refractivity contribution in [2.45, 2.75) is 62.4 Å². The highest BCUT2D eigenvalue weighted by Crippen LogP contribution is 2.41. The van der Waals surface area contributed by atoms with Crippen LogP contribution >= 0.6 is 0 Å². The quantitative estimate of drug-likeness (QED) is 0.249.